The first-order valence-corrected chi connectivity index (χ1v) is 6.30. The number of hydrogen-bond acceptors (Lipinski definition) is 6. The second-order valence-electron chi connectivity index (χ2n) is 4.35. The maximum Gasteiger partial charge on any atom is 0.388 e. The molecule has 2 aromatic carbocycles. The van der Waals surface area contributed by atoms with Gasteiger partial charge in [-0.3, -0.25) is 20.2 Å². The Bertz CT molecular complexity index is 798. The predicted octanol–water partition coefficient (Wildman–Crippen LogP) is 3.37. The molecule has 0 aliphatic carbocycles. The van der Waals surface area contributed by atoms with Crippen LogP contribution in [0.4, 0.5) is 11.4 Å². The summed E-state index contributed by atoms with van der Waals surface area (Å²) < 4.78 is 4.95. The zero-order valence-electron chi connectivity index (χ0n) is 11.7. The summed E-state index contributed by atoms with van der Waals surface area (Å²) in [4.78, 5) is 32.1. The van der Waals surface area contributed by atoms with Gasteiger partial charge in [0.15, 0.2) is 0 Å². The number of carbonyl (C=O) groups is 1. The maximum absolute atomic E-state index is 12.0. The van der Waals surface area contributed by atoms with Gasteiger partial charge in [-0.2, -0.15) is 0 Å². The molecule has 0 fully saturated rings. The van der Waals surface area contributed by atoms with Crippen LogP contribution in [-0.2, 0) is 0 Å². The minimum Gasteiger partial charge on any atom is -0.415 e. The van der Waals surface area contributed by atoms with Gasteiger partial charge < -0.3 is 4.74 Å². The van der Waals surface area contributed by atoms with Crippen molar-refractivity contribution in [2.45, 2.75) is 0 Å². The molecule has 0 atom stereocenters. The number of esters is 1. The van der Waals surface area contributed by atoms with Crippen LogP contribution in [0.5, 0.6) is 5.75 Å². The molecule has 0 aromatic heterocycles. The molecule has 8 nitrogen and oxygen atoms in total. The van der Waals surface area contributed by atoms with Gasteiger partial charge in [0.25, 0.3) is 0 Å². The van der Waals surface area contributed by atoms with Gasteiger partial charge in [-0.15, -0.1) is 0 Å². The van der Waals surface area contributed by atoms with Crippen LogP contribution >= 0.6 is 0 Å². The lowest BCUT2D eigenvalue weighted by Gasteiger charge is -2.05. The van der Waals surface area contributed by atoms with E-state index in [-0.39, 0.29) is 5.56 Å². The molecular weight excluding hydrogens is 304 g/mol. The SMILES string of the molecule is C=Cc1ccc(C(=O)Oc2cccc([N+](=O)[O-])c2[N+](=O)[O-])cc1. The van der Waals surface area contributed by atoms with Crippen LogP contribution in [0.1, 0.15) is 15.9 Å². The van der Waals surface area contributed by atoms with Gasteiger partial charge in [0.1, 0.15) is 0 Å². The van der Waals surface area contributed by atoms with Crippen LogP contribution in [0.3, 0.4) is 0 Å². The van der Waals surface area contributed by atoms with Crippen LogP contribution in [0, 0.1) is 20.2 Å². The molecule has 8 heteroatoms. The van der Waals surface area contributed by atoms with Crippen molar-refractivity contribution in [3.05, 3.63) is 80.4 Å². The summed E-state index contributed by atoms with van der Waals surface area (Å²) >= 11 is 0. The summed E-state index contributed by atoms with van der Waals surface area (Å²) in [6.07, 6.45) is 1.58. The summed E-state index contributed by atoms with van der Waals surface area (Å²) in [5.74, 6) is -1.34. The monoisotopic (exact) mass is 314 g/mol. The first-order valence-electron chi connectivity index (χ1n) is 6.30. The molecule has 0 spiro atoms. The number of nitro groups is 2. The molecule has 0 saturated heterocycles. The van der Waals surface area contributed by atoms with Crippen LogP contribution < -0.4 is 4.74 Å². The topological polar surface area (TPSA) is 113 Å². The number of nitro benzene ring substituents is 2. The Balaban J connectivity index is 2.37. The number of rotatable bonds is 5. The molecule has 0 aliphatic rings. The summed E-state index contributed by atoms with van der Waals surface area (Å²) in [5.41, 5.74) is -0.685. The lowest BCUT2D eigenvalue weighted by atomic mass is 10.1. The van der Waals surface area contributed by atoms with Crippen LogP contribution in [0.25, 0.3) is 6.08 Å². The van der Waals surface area contributed by atoms with Crippen LogP contribution in [-0.4, -0.2) is 15.8 Å². The molecule has 116 valence electrons. The van der Waals surface area contributed by atoms with Crippen molar-refractivity contribution in [2.75, 3.05) is 0 Å². The highest BCUT2D eigenvalue weighted by atomic mass is 16.6. The summed E-state index contributed by atoms with van der Waals surface area (Å²) in [5, 5.41) is 21.9. The molecule has 0 aliphatic heterocycles. The van der Waals surface area contributed by atoms with E-state index in [1.54, 1.807) is 18.2 Å². The maximum atomic E-state index is 12.0. The Morgan fingerprint density at radius 2 is 1.70 bits per heavy atom. The average molecular weight is 314 g/mol. The van der Waals surface area contributed by atoms with Crippen molar-refractivity contribution < 1.29 is 19.4 Å². The van der Waals surface area contributed by atoms with E-state index in [4.69, 9.17) is 4.74 Å². The van der Waals surface area contributed by atoms with Crippen molar-refractivity contribution >= 4 is 23.4 Å². The van der Waals surface area contributed by atoms with E-state index in [9.17, 15) is 25.0 Å². The van der Waals surface area contributed by atoms with Gasteiger partial charge >= 0.3 is 17.3 Å². The number of ether oxygens (including phenoxy) is 1. The summed E-state index contributed by atoms with van der Waals surface area (Å²) in [7, 11) is 0. The lowest BCUT2D eigenvalue weighted by Crippen LogP contribution is -2.10. The van der Waals surface area contributed by atoms with E-state index in [2.05, 4.69) is 6.58 Å². The Morgan fingerprint density at radius 3 is 2.22 bits per heavy atom. The van der Waals surface area contributed by atoms with Crippen molar-refractivity contribution in [1.29, 1.82) is 0 Å². The van der Waals surface area contributed by atoms with E-state index in [1.807, 2.05) is 0 Å². The molecule has 0 heterocycles. The zero-order chi connectivity index (χ0) is 17.0. The molecule has 0 bridgehead atoms. The molecule has 2 rings (SSSR count). The standard InChI is InChI=1S/C15H10N2O6/c1-2-10-6-8-11(9-7-10)15(18)23-13-5-3-4-12(16(19)20)14(13)17(21)22/h2-9H,1H2. The molecule has 0 saturated carbocycles. The number of para-hydroxylation sites is 1. The highest BCUT2D eigenvalue weighted by Crippen LogP contribution is 2.36. The molecule has 23 heavy (non-hydrogen) atoms. The highest BCUT2D eigenvalue weighted by molar-refractivity contribution is 5.92. The fourth-order valence-corrected chi connectivity index (χ4v) is 1.84. The third kappa shape index (κ3) is 3.38. The second kappa shape index (κ2) is 6.48. The summed E-state index contributed by atoms with van der Waals surface area (Å²) in [6.45, 7) is 3.58. The minimum atomic E-state index is -0.957. The molecule has 0 N–H and O–H groups in total. The number of benzene rings is 2. The first kappa shape index (κ1) is 15.8. The van der Waals surface area contributed by atoms with Gasteiger partial charge in [0.2, 0.25) is 5.75 Å². The highest BCUT2D eigenvalue weighted by Gasteiger charge is 2.30. The van der Waals surface area contributed by atoms with Crippen LogP contribution in [0.15, 0.2) is 49.0 Å². The van der Waals surface area contributed by atoms with E-state index in [1.165, 1.54) is 18.2 Å². The van der Waals surface area contributed by atoms with Gasteiger partial charge in [0.05, 0.1) is 15.4 Å². The second-order valence-corrected chi connectivity index (χ2v) is 4.35. The molecular formula is C15H10N2O6. The quantitative estimate of drug-likeness (QED) is 0.362. The summed E-state index contributed by atoms with van der Waals surface area (Å²) in [6, 6.07) is 9.45. The van der Waals surface area contributed by atoms with Crippen molar-refractivity contribution in [3.8, 4) is 5.75 Å². The zero-order valence-corrected chi connectivity index (χ0v) is 11.7. The minimum absolute atomic E-state index is 0.149. The largest absolute Gasteiger partial charge is 0.415 e. The number of nitrogens with zero attached hydrogens (tertiary/aromatic N) is 2. The van der Waals surface area contributed by atoms with E-state index < -0.39 is 32.9 Å². The first-order chi connectivity index (χ1) is 10.9. The predicted molar refractivity (Wildman–Crippen MR) is 81.2 cm³/mol. The van der Waals surface area contributed by atoms with E-state index in [0.29, 0.717) is 0 Å². The number of carbonyl (C=O) groups excluding carboxylic acids is 1. The average Bonchev–Trinajstić information content (AvgIpc) is 2.54. The number of hydrogen-bond donors (Lipinski definition) is 0. The molecule has 0 unspecified atom stereocenters. The normalized spacial score (nSPS) is 9.91. The third-order valence-corrected chi connectivity index (χ3v) is 2.94. The smallest absolute Gasteiger partial charge is 0.388 e. The van der Waals surface area contributed by atoms with Gasteiger partial charge in [-0.25, -0.2) is 4.79 Å². The molecule has 0 amide bonds. The fraction of sp³-hybridized carbons (Fsp3) is 0. The Labute approximate surface area is 129 Å². The van der Waals surface area contributed by atoms with E-state index in [0.717, 1.165) is 17.7 Å². The Hall–Kier alpha value is -3.55. The van der Waals surface area contributed by atoms with Crippen molar-refractivity contribution in [1.82, 2.24) is 0 Å². The fourth-order valence-electron chi connectivity index (χ4n) is 1.84. The van der Waals surface area contributed by atoms with Gasteiger partial charge in [-0.1, -0.05) is 30.9 Å². The van der Waals surface area contributed by atoms with Crippen molar-refractivity contribution in [2.24, 2.45) is 0 Å². The van der Waals surface area contributed by atoms with Gasteiger partial charge in [0, 0.05) is 6.07 Å². The van der Waals surface area contributed by atoms with E-state index >= 15 is 0 Å². The Morgan fingerprint density at radius 1 is 1.04 bits per heavy atom. The third-order valence-electron chi connectivity index (χ3n) is 2.94. The van der Waals surface area contributed by atoms with Crippen LogP contribution in [0.2, 0.25) is 0 Å². The van der Waals surface area contributed by atoms with Crippen molar-refractivity contribution in [3.63, 3.8) is 0 Å². The molecule has 0 radical (unpaired) electrons. The van der Waals surface area contributed by atoms with Gasteiger partial charge in [-0.05, 0) is 23.8 Å². The molecule has 2 aromatic rings. The lowest BCUT2D eigenvalue weighted by molar-refractivity contribution is -0.422. The Kier molecular flexibility index (Phi) is 4.46.